The Morgan fingerprint density at radius 2 is 1.94 bits per heavy atom. The number of anilines is 2. The molecule has 1 aromatic heterocycles. The molecule has 1 rings (SSSR count). The van der Waals surface area contributed by atoms with Crippen LogP contribution in [0.1, 0.15) is 27.7 Å². The Morgan fingerprint density at radius 3 is 2.39 bits per heavy atom. The Hall–Kier alpha value is -0.970. The molecule has 1 N–H and O–H groups in total. The minimum absolute atomic E-state index is 0.432. The van der Waals surface area contributed by atoms with Crippen molar-refractivity contribution < 1.29 is 0 Å². The first-order valence-corrected chi connectivity index (χ1v) is 7.57. The summed E-state index contributed by atoms with van der Waals surface area (Å²) in [6.45, 7) is 9.85. The van der Waals surface area contributed by atoms with Crippen molar-refractivity contribution in [3.8, 4) is 0 Å². The summed E-state index contributed by atoms with van der Waals surface area (Å²) in [5, 5.41) is 3.91. The van der Waals surface area contributed by atoms with E-state index in [-0.39, 0.29) is 0 Å². The maximum atomic E-state index is 4.61. The van der Waals surface area contributed by atoms with Crippen molar-refractivity contribution in [1.82, 2.24) is 9.97 Å². The predicted octanol–water partition coefficient (Wildman–Crippen LogP) is 3.11. The van der Waals surface area contributed by atoms with Crippen LogP contribution in [0.2, 0.25) is 0 Å². The van der Waals surface area contributed by atoms with Crippen LogP contribution in [0.3, 0.4) is 0 Å². The third-order valence-corrected chi connectivity index (χ3v) is 3.16. The van der Waals surface area contributed by atoms with Crippen molar-refractivity contribution in [2.24, 2.45) is 5.92 Å². The van der Waals surface area contributed by atoms with Gasteiger partial charge in [0, 0.05) is 25.7 Å². The highest BCUT2D eigenvalue weighted by Crippen LogP contribution is 2.22. The fourth-order valence-corrected chi connectivity index (χ4v) is 2.12. The molecule has 0 radical (unpaired) electrons. The van der Waals surface area contributed by atoms with Crippen molar-refractivity contribution in [3.05, 3.63) is 6.07 Å². The van der Waals surface area contributed by atoms with Gasteiger partial charge in [-0.1, -0.05) is 25.6 Å². The van der Waals surface area contributed by atoms with Crippen LogP contribution in [-0.4, -0.2) is 35.9 Å². The van der Waals surface area contributed by atoms with E-state index in [2.05, 4.69) is 47.9 Å². The Labute approximate surface area is 115 Å². The van der Waals surface area contributed by atoms with Crippen molar-refractivity contribution in [2.75, 3.05) is 30.1 Å². The molecule has 102 valence electrons. The lowest BCUT2D eigenvalue weighted by molar-refractivity contribution is 0.564. The van der Waals surface area contributed by atoms with Gasteiger partial charge < -0.3 is 10.2 Å². The lowest BCUT2D eigenvalue weighted by Crippen LogP contribution is -2.35. The summed E-state index contributed by atoms with van der Waals surface area (Å²) in [7, 11) is 1.89. The highest BCUT2D eigenvalue weighted by molar-refractivity contribution is 7.98. The van der Waals surface area contributed by atoms with Crippen LogP contribution >= 0.6 is 11.8 Å². The van der Waals surface area contributed by atoms with Crippen LogP contribution < -0.4 is 10.2 Å². The number of thioether (sulfide) groups is 1. The van der Waals surface area contributed by atoms with Gasteiger partial charge in [0.2, 0.25) is 0 Å². The van der Waals surface area contributed by atoms with Crippen molar-refractivity contribution in [2.45, 2.75) is 38.9 Å². The summed E-state index contributed by atoms with van der Waals surface area (Å²) < 4.78 is 0. The van der Waals surface area contributed by atoms with Gasteiger partial charge in [0.25, 0.3) is 0 Å². The first-order valence-electron chi connectivity index (χ1n) is 6.35. The second-order valence-corrected chi connectivity index (χ2v) is 5.76. The SMILES string of the molecule is CNc1cc(N(CC(C)C)C(C)C)nc(SC)n1. The van der Waals surface area contributed by atoms with Gasteiger partial charge in [-0.15, -0.1) is 0 Å². The van der Waals surface area contributed by atoms with Gasteiger partial charge in [-0.2, -0.15) is 0 Å². The minimum Gasteiger partial charge on any atom is -0.373 e. The lowest BCUT2D eigenvalue weighted by Gasteiger charge is -2.30. The van der Waals surface area contributed by atoms with Crippen LogP contribution in [0.4, 0.5) is 11.6 Å². The fourth-order valence-electron chi connectivity index (χ4n) is 1.74. The maximum Gasteiger partial charge on any atom is 0.191 e. The highest BCUT2D eigenvalue weighted by Gasteiger charge is 2.15. The summed E-state index contributed by atoms with van der Waals surface area (Å²) in [6, 6.07) is 2.45. The average Bonchev–Trinajstić information content (AvgIpc) is 2.34. The predicted molar refractivity (Wildman–Crippen MR) is 80.7 cm³/mol. The molecule has 0 aromatic carbocycles. The fraction of sp³-hybridized carbons (Fsp3) is 0.692. The third kappa shape index (κ3) is 4.05. The zero-order valence-electron chi connectivity index (χ0n) is 12.2. The number of nitrogens with zero attached hydrogens (tertiary/aromatic N) is 3. The molecule has 0 aliphatic carbocycles. The van der Waals surface area contributed by atoms with E-state index in [1.54, 1.807) is 11.8 Å². The summed E-state index contributed by atoms with van der Waals surface area (Å²) in [6.07, 6.45) is 2.00. The van der Waals surface area contributed by atoms with E-state index in [0.717, 1.165) is 23.3 Å². The molecule has 18 heavy (non-hydrogen) atoms. The van der Waals surface area contributed by atoms with Gasteiger partial charge >= 0.3 is 0 Å². The zero-order valence-corrected chi connectivity index (χ0v) is 13.0. The summed E-state index contributed by atoms with van der Waals surface area (Å²) in [5.74, 6) is 2.49. The molecule has 0 aliphatic rings. The summed E-state index contributed by atoms with van der Waals surface area (Å²) in [5.41, 5.74) is 0. The molecule has 0 amide bonds. The molecule has 0 spiro atoms. The number of hydrogen-bond acceptors (Lipinski definition) is 5. The summed E-state index contributed by atoms with van der Waals surface area (Å²) >= 11 is 1.57. The van der Waals surface area contributed by atoms with Gasteiger partial charge in [0.15, 0.2) is 5.16 Å². The molecule has 0 saturated carbocycles. The monoisotopic (exact) mass is 268 g/mol. The van der Waals surface area contributed by atoms with Gasteiger partial charge in [-0.25, -0.2) is 9.97 Å². The average molecular weight is 268 g/mol. The second kappa shape index (κ2) is 6.83. The summed E-state index contributed by atoms with van der Waals surface area (Å²) in [4.78, 5) is 11.3. The van der Waals surface area contributed by atoms with Crippen LogP contribution in [-0.2, 0) is 0 Å². The van der Waals surface area contributed by atoms with E-state index < -0.39 is 0 Å². The quantitative estimate of drug-likeness (QED) is 0.634. The molecule has 0 fully saturated rings. The van der Waals surface area contributed by atoms with Gasteiger partial charge in [0.1, 0.15) is 11.6 Å². The van der Waals surface area contributed by atoms with Gasteiger partial charge in [0.05, 0.1) is 0 Å². The van der Waals surface area contributed by atoms with E-state index in [1.165, 1.54) is 0 Å². The first-order chi connectivity index (χ1) is 8.47. The number of nitrogens with one attached hydrogen (secondary N) is 1. The van der Waals surface area contributed by atoms with E-state index in [9.17, 15) is 0 Å². The normalized spacial score (nSPS) is 11.1. The maximum absolute atomic E-state index is 4.61. The van der Waals surface area contributed by atoms with Crippen molar-refractivity contribution >= 4 is 23.4 Å². The molecule has 1 aromatic rings. The molecular weight excluding hydrogens is 244 g/mol. The molecule has 0 aliphatic heterocycles. The van der Waals surface area contributed by atoms with E-state index in [4.69, 9.17) is 0 Å². The minimum atomic E-state index is 0.432. The molecule has 1 heterocycles. The smallest absolute Gasteiger partial charge is 0.191 e. The molecular formula is C13H24N4S. The Morgan fingerprint density at radius 1 is 1.28 bits per heavy atom. The second-order valence-electron chi connectivity index (χ2n) is 4.99. The van der Waals surface area contributed by atoms with E-state index >= 15 is 0 Å². The Balaban J connectivity index is 3.09. The molecule has 0 unspecified atom stereocenters. The Kier molecular flexibility index (Phi) is 5.72. The molecule has 0 bridgehead atoms. The third-order valence-electron chi connectivity index (χ3n) is 2.61. The molecule has 5 heteroatoms. The number of hydrogen-bond donors (Lipinski definition) is 1. The molecule has 0 saturated heterocycles. The van der Waals surface area contributed by atoms with E-state index in [0.29, 0.717) is 12.0 Å². The first kappa shape index (κ1) is 15.1. The standard InChI is InChI=1S/C13H24N4S/c1-9(2)8-17(10(3)4)12-7-11(14-5)15-13(16-12)18-6/h7,9-10H,8H2,1-6H3,(H,14,15,16). The largest absolute Gasteiger partial charge is 0.373 e. The zero-order chi connectivity index (χ0) is 13.7. The number of aromatic nitrogens is 2. The van der Waals surface area contributed by atoms with Crippen molar-refractivity contribution in [3.63, 3.8) is 0 Å². The molecule has 0 atom stereocenters. The molecule has 4 nitrogen and oxygen atoms in total. The van der Waals surface area contributed by atoms with E-state index in [1.807, 2.05) is 19.4 Å². The highest BCUT2D eigenvalue weighted by atomic mass is 32.2. The lowest BCUT2D eigenvalue weighted by atomic mass is 10.2. The number of rotatable bonds is 6. The van der Waals surface area contributed by atoms with Crippen LogP contribution in [0, 0.1) is 5.92 Å². The van der Waals surface area contributed by atoms with Crippen LogP contribution in [0.15, 0.2) is 11.2 Å². The van der Waals surface area contributed by atoms with Gasteiger partial charge in [-0.3, -0.25) is 0 Å². The Bertz CT molecular complexity index is 357. The van der Waals surface area contributed by atoms with Crippen LogP contribution in [0.25, 0.3) is 0 Å². The van der Waals surface area contributed by atoms with Gasteiger partial charge in [-0.05, 0) is 26.0 Å². The van der Waals surface area contributed by atoms with Crippen molar-refractivity contribution in [1.29, 1.82) is 0 Å². The van der Waals surface area contributed by atoms with Crippen LogP contribution in [0.5, 0.6) is 0 Å². The topological polar surface area (TPSA) is 41.0 Å².